The summed E-state index contributed by atoms with van der Waals surface area (Å²) < 4.78 is 6.07. The predicted octanol–water partition coefficient (Wildman–Crippen LogP) is 5.68. The van der Waals surface area contributed by atoms with E-state index < -0.39 is 0 Å². The Hall–Kier alpha value is -0.0400. The number of hydrogen-bond acceptors (Lipinski definition) is 1. The molecule has 1 nitrogen and oxygen atoms in total. The molecule has 0 radical (unpaired) electrons. The number of hydrogen-bond donors (Lipinski definition) is 0. The van der Waals surface area contributed by atoms with Crippen LogP contribution < -0.4 is 0 Å². The Morgan fingerprint density at radius 2 is 0.778 bits per heavy atom. The summed E-state index contributed by atoms with van der Waals surface area (Å²) >= 11 is 0. The maximum Gasteiger partial charge on any atom is 0.0693 e. The van der Waals surface area contributed by atoms with E-state index in [9.17, 15) is 0 Å². The lowest BCUT2D eigenvalue weighted by Crippen LogP contribution is -2.42. The fraction of sp³-hybridized carbons (Fsp3) is 1.00. The van der Waals surface area contributed by atoms with E-state index in [0.717, 1.165) is 19.3 Å². The van der Waals surface area contributed by atoms with Crippen molar-refractivity contribution in [1.82, 2.24) is 0 Å². The normalized spacial score (nSPS) is 15.0. The minimum atomic E-state index is -0.00521. The Kier molecular flexibility index (Phi) is 5.51. The smallest absolute Gasteiger partial charge is 0.0693 e. The summed E-state index contributed by atoms with van der Waals surface area (Å²) in [5, 5.41) is 0. The second kappa shape index (κ2) is 5.53. The van der Waals surface area contributed by atoms with Crippen molar-refractivity contribution in [2.75, 3.05) is 7.11 Å². The first-order valence-corrected chi connectivity index (χ1v) is 7.23. The molecule has 0 aliphatic heterocycles. The molecular weight excluding hydrogens is 220 g/mol. The van der Waals surface area contributed by atoms with Crippen LogP contribution in [0.4, 0.5) is 0 Å². The van der Waals surface area contributed by atoms with Gasteiger partial charge in [0.15, 0.2) is 0 Å². The van der Waals surface area contributed by atoms with Crippen molar-refractivity contribution in [1.29, 1.82) is 0 Å². The first-order chi connectivity index (χ1) is 7.68. The molecule has 0 rings (SSSR count). The number of methoxy groups -OCH3 is 1. The van der Waals surface area contributed by atoms with Crippen LogP contribution in [0, 0.1) is 16.2 Å². The monoisotopic (exact) mass is 256 g/mol. The van der Waals surface area contributed by atoms with Gasteiger partial charge in [0.2, 0.25) is 0 Å². The number of rotatable bonds is 4. The molecule has 0 spiro atoms. The molecule has 0 saturated heterocycles. The fourth-order valence-corrected chi connectivity index (χ4v) is 3.30. The molecule has 18 heavy (non-hydrogen) atoms. The Bertz CT molecular complexity index is 203. The van der Waals surface area contributed by atoms with Gasteiger partial charge in [0.1, 0.15) is 0 Å². The van der Waals surface area contributed by atoms with Crippen LogP contribution in [0.15, 0.2) is 0 Å². The molecule has 0 heterocycles. The molecule has 0 aliphatic carbocycles. The highest BCUT2D eigenvalue weighted by Crippen LogP contribution is 2.44. The lowest BCUT2D eigenvalue weighted by atomic mass is 9.68. The van der Waals surface area contributed by atoms with Crippen LogP contribution in [0.3, 0.4) is 0 Å². The molecule has 0 unspecified atom stereocenters. The van der Waals surface area contributed by atoms with Crippen LogP contribution in [-0.2, 0) is 4.74 Å². The van der Waals surface area contributed by atoms with Crippen LogP contribution in [0.1, 0.15) is 81.6 Å². The molecular formula is C17H36O. The summed E-state index contributed by atoms with van der Waals surface area (Å²) in [6, 6.07) is 0. The molecule has 0 bridgehead atoms. The quantitative estimate of drug-likeness (QED) is 0.628. The van der Waals surface area contributed by atoms with Gasteiger partial charge in [-0.05, 0) is 35.5 Å². The van der Waals surface area contributed by atoms with Gasteiger partial charge >= 0.3 is 0 Å². The summed E-state index contributed by atoms with van der Waals surface area (Å²) in [6.07, 6.45) is 3.35. The molecule has 0 saturated carbocycles. The van der Waals surface area contributed by atoms with Crippen LogP contribution in [0.5, 0.6) is 0 Å². The molecule has 0 amide bonds. The summed E-state index contributed by atoms with van der Waals surface area (Å²) in [7, 11) is 1.89. The van der Waals surface area contributed by atoms with Crippen LogP contribution in [0.25, 0.3) is 0 Å². The lowest BCUT2D eigenvalue weighted by Gasteiger charge is -2.45. The number of ether oxygens (including phenoxy) is 1. The van der Waals surface area contributed by atoms with Gasteiger partial charge in [0, 0.05) is 7.11 Å². The van der Waals surface area contributed by atoms with Gasteiger partial charge in [-0.2, -0.15) is 0 Å². The Morgan fingerprint density at radius 3 is 0.889 bits per heavy atom. The zero-order valence-corrected chi connectivity index (χ0v) is 14.5. The van der Waals surface area contributed by atoms with Gasteiger partial charge in [-0.25, -0.2) is 0 Å². The van der Waals surface area contributed by atoms with Crippen molar-refractivity contribution >= 4 is 0 Å². The third-order valence-electron chi connectivity index (χ3n) is 2.99. The molecule has 0 N–H and O–H groups in total. The SMILES string of the molecule is COC(CC(C)(C)C)(CC(C)(C)C)CC(C)(C)C. The summed E-state index contributed by atoms with van der Waals surface area (Å²) in [6.45, 7) is 20.8. The van der Waals surface area contributed by atoms with E-state index in [-0.39, 0.29) is 5.60 Å². The highest BCUT2D eigenvalue weighted by atomic mass is 16.5. The van der Waals surface area contributed by atoms with Gasteiger partial charge in [0.05, 0.1) is 5.60 Å². The van der Waals surface area contributed by atoms with E-state index in [4.69, 9.17) is 4.74 Å². The third-order valence-corrected chi connectivity index (χ3v) is 2.99. The summed E-state index contributed by atoms with van der Waals surface area (Å²) in [4.78, 5) is 0. The summed E-state index contributed by atoms with van der Waals surface area (Å²) in [5.41, 5.74) is 0.889. The second-order valence-corrected chi connectivity index (χ2v) is 9.60. The van der Waals surface area contributed by atoms with Gasteiger partial charge in [-0.15, -0.1) is 0 Å². The standard InChI is InChI=1S/C17H36O/c1-14(2,3)11-17(18-10,12-15(4,5)6)13-16(7,8)9/h11-13H2,1-10H3. The van der Waals surface area contributed by atoms with Crippen molar-refractivity contribution in [3.05, 3.63) is 0 Å². The molecule has 0 aromatic rings. The molecule has 0 aliphatic rings. The van der Waals surface area contributed by atoms with Crippen molar-refractivity contribution in [3.8, 4) is 0 Å². The van der Waals surface area contributed by atoms with E-state index in [2.05, 4.69) is 62.3 Å². The first kappa shape index (κ1) is 18.0. The Labute approximate surface area is 116 Å². The van der Waals surface area contributed by atoms with E-state index in [0.29, 0.717) is 16.2 Å². The average molecular weight is 256 g/mol. The Morgan fingerprint density at radius 1 is 0.556 bits per heavy atom. The van der Waals surface area contributed by atoms with Crippen molar-refractivity contribution in [2.24, 2.45) is 16.2 Å². The topological polar surface area (TPSA) is 9.23 Å². The van der Waals surface area contributed by atoms with E-state index in [1.54, 1.807) is 0 Å². The minimum Gasteiger partial charge on any atom is -0.378 e. The highest BCUT2D eigenvalue weighted by molar-refractivity contribution is 4.92. The minimum absolute atomic E-state index is 0.00521. The largest absolute Gasteiger partial charge is 0.378 e. The van der Waals surface area contributed by atoms with E-state index >= 15 is 0 Å². The van der Waals surface area contributed by atoms with E-state index in [1.165, 1.54) is 0 Å². The zero-order valence-electron chi connectivity index (χ0n) is 14.5. The third kappa shape index (κ3) is 8.13. The van der Waals surface area contributed by atoms with Gasteiger partial charge in [0.25, 0.3) is 0 Å². The predicted molar refractivity (Wildman–Crippen MR) is 82.0 cm³/mol. The van der Waals surface area contributed by atoms with Gasteiger partial charge in [-0.3, -0.25) is 0 Å². The van der Waals surface area contributed by atoms with Crippen LogP contribution in [0.2, 0.25) is 0 Å². The van der Waals surface area contributed by atoms with Crippen molar-refractivity contribution in [3.63, 3.8) is 0 Å². The Balaban J connectivity index is 5.20. The van der Waals surface area contributed by atoms with Gasteiger partial charge in [-0.1, -0.05) is 62.3 Å². The van der Waals surface area contributed by atoms with Crippen LogP contribution in [-0.4, -0.2) is 12.7 Å². The lowest BCUT2D eigenvalue weighted by molar-refractivity contribution is -0.0896. The van der Waals surface area contributed by atoms with Crippen molar-refractivity contribution < 1.29 is 4.74 Å². The zero-order chi connectivity index (χ0) is 14.8. The summed E-state index contributed by atoms with van der Waals surface area (Å²) in [5.74, 6) is 0. The average Bonchev–Trinajstić information content (AvgIpc) is 1.93. The van der Waals surface area contributed by atoms with E-state index in [1.807, 2.05) is 7.11 Å². The highest BCUT2D eigenvalue weighted by Gasteiger charge is 2.40. The van der Waals surface area contributed by atoms with Crippen LogP contribution >= 0.6 is 0 Å². The fourth-order valence-electron chi connectivity index (χ4n) is 3.30. The maximum absolute atomic E-state index is 6.07. The molecule has 0 aromatic carbocycles. The van der Waals surface area contributed by atoms with Crippen molar-refractivity contribution in [2.45, 2.75) is 87.2 Å². The second-order valence-electron chi connectivity index (χ2n) is 9.60. The molecule has 0 fully saturated rings. The molecule has 110 valence electrons. The first-order valence-electron chi connectivity index (χ1n) is 7.23. The van der Waals surface area contributed by atoms with Gasteiger partial charge < -0.3 is 4.74 Å². The molecule has 1 heteroatoms. The molecule has 0 aromatic heterocycles. The maximum atomic E-state index is 6.07. The molecule has 0 atom stereocenters.